The number of hydrogen-bond donors (Lipinski definition) is 1. The van der Waals surface area contributed by atoms with Crippen LogP contribution in [0, 0.1) is 0 Å². The zero-order valence-electron chi connectivity index (χ0n) is 8.27. The van der Waals surface area contributed by atoms with Crippen molar-refractivity contribution in [2.45, 2.75) is 13.0 Å². The van der Waals surface area contributed by atoms with Gasteiger partial charge in [-0.15, -0.1) is 0 Å². The van der Waals surface area contributed by atoms with E-state index >= 15 is 0 Å². The van der Waals surface area contributed by atoms with Crippen molar-refractivity contribution in [1.82, 2.24) is 9.97 Å². The van der Waals surface area contributed by atoms with Crippen LogP contribution in [0.3, 0.4) is 0 Å². The van der Waals surface area contributed by atoms with Gasteiger partial charge in [0.1, 0.15) is 5.82 Å². The maximum atomic E-state index is 5.39. The quantitative estimate of drug-likeness (QED) is 0.677. The Morgan fingerprint density at radius 2 is 2.14 bits per heavy atom. The van der Waals surface area contributed by atoms with Crippen LogP contribution in [-0.2, 0) is 16.1 Å². The Labute approximate surface area is 83.3 Å². The highest BCUT2D eigenvalue weighted by molar-refractivity contribution is 5.22. The number of anilines is 1. The van der Waals surface area contributed by atoms with E-state index < -0.39 is 0 Å². The zero-order valence-corrected chi connectivity index (χ0v) is 8.27. The van der Waals surface area contributed by atoms with Gasteiger partial charge in [-0.25, -0.2) is 4.98 Å². The normalized spacial score (nSPS) is 10.4. The van der Waals surface area contributed by atoms with E-state index in [1.165, 1.54) is 6.20 Å². The topological polar surface area (TPSA) is 70.3 Å². The molecule has 0 bridgehead atoms. The Hall–Kier alpha value is -1.20. The Balaban J connectivity index is 2.15. The van der Waals surface area contributed by atoms with E-state index in [1.54, 1.807) is 13.3 Å². The summed E-state index contributed by atoms with van der Waals surface area (Å²) in [6, 6.07) is 0. The van der Waals surface area contributed by atoms with E-state index in [-0.39, 0.29) is 0 Å². The largest absolute Gasteiger partial charge is 0.385 e. The molecule has 0 aliphatic rings. The van der Waals surface area contributed by atoms with Crippen molar-refractivity contribution in [3.8, 4) is 0 Å². The van der Waals surface area contributed by atoms with E-state index in [0.717, 1.165) is 12.1 Å². The molecule has 1 rings (SSSR count). The van der Waals surface area contributed by atoms with Gasteiger partial charge in [0.2, 0.25) is 0 Å². The summed E-state index contributed by atoms with van der Waals surface area (Å²) in [5.74, 6) is 0.424. The van der Waals surface area contributed by atoms with Crippen LogP contribution in [0.4, 0.5) is 5.82 Å². The molecule has 0 amide bonds. The number of rotatable bonds is 6. The Kier molecular flexibility index (Phi) is 4.88. The average Bonchev–Trinajstić information content (AvgIpc) is 2.21. The maximum Gasteiger partial charge on any atom is 0.141 e. The molecule has 0 aliphatic heterocycles. The van der Waals surface area contributed by atoms with Crippen LogP contribution in [0.2, 0.25) is 0 Å². The van der Waals surface area contributed by atoms with Gasteiger partial charge in [0.05, 0.1) is 24.7 Å². The van der Waals surface area contributed by atoms with Crippen LogP contribution in [0.5, 0.6) is 0 Å². The molecule has 0 aromatic carbocycles. The first-order valence-electron chi connectivity index (χ1n) is 4.46. The molecule has 1 aromatic heterocycles. The third kappa shape index (κ3) is 4.15. The molecule has 78 valence electrons. The molecule has 14 heavy (non-hydrogen) atoms. The van der Waals surface area contributed by atoms with E-state index in [1.807, 2.05) is 0 Å². The molecule has 0 saturated carbocycles. The van der Waals surface area contributed by atoms with E-state index in [9.17, 15) is 0 Å². The minimum atomic E-state index is 0.424. The summed E-state index contributed by atoms with van der Waals surface area (Å²) in [5, 5.41) is 0. The van der Waals surface area contributed by atoms with Crippen molar-refractivity contribution in [2.75, 3.05) is 26.1 Å². The van der Waals surface area contributed by atoms with Crippen molar-refractivity contribution in [2.24, 2.45) is 0 Å². The van der Waals surface area contributed by atoms with Crippen LogP contribution < -0.4 is 5.73 Å². The summed E-state index contributed by atoms with van der Waals surface area (Å²) in [5.41, 5.74) is 6.18. The van der Waals surface area contributed by atoms with Crippen LogP contribution >= 0.6 is 0 Å². The fourth-order valence-corrected chi connectivity index (χ4v) is 0.921. The maximum absolute atomic E-state index is 5.39. The summed E-state index contributed by atoms with van der Waals surface area (Å²) >= 11 is 0. The van der Waals surface area contributed by atoms with Crippen LogP contribution in [-0.4, -0.2) is 30.3 Å². The first-order valence-corrected chi connectivity index (χ1v) is 4.46. The lowest BCUT2D eigenvalue weighted by molar-refractivity contribution is 0.0909. The lowest BCUT2D eigenvalue weighted by atomic mass is 10.4. The second kappa shape index (κ2) is 6.28. The van der Waals surface area contributed by atoms with Crippen molar-refractivity contribution < 1.29 is 9.47 Å². The molecule has 0 aliphatic carbocycles. The minimum Gasteiger partial charge on any atom is -0.385 e. The summed E-state index contributed by atoms with van der Waals surface area (Å²) in [4.78, 5) is 7.96. The molecule has 0 atom stereocenters. The smallest absolute Gasteiger partial charge is 0.141 e. The van der Waals surface area contributed by atoms with Gasteiger partial charge in [-0.2, -0.15) is 0 Å². The van der Waals surface area contributed by atoms with Crippen molar-refractivity contribution in [1.29, 1.82) is 0 Å². The van der Waals surface area contributed by atoms with Gasteiger partial charge in [-0.05, 0) is 6.42 Å². The van der Waals surface area contributed by atoms with Crippen molar-refractivity contribution in [3.63, 3.8) is 0 Å². The van der Waals surface area contributed by atoms with Crippen molar-refractivity contribution >= 4 is 5.82 Å². The van der Waals surface area contributed by atoms with Crippen molar-refractivity contribution in [3.05, 3.63) is 18.1 Å². The summed E-state index contributed by atoms with van der Waals surface area (Å²) < 4.78 is 10.2. The highest BCUT2D eigenvalue weighted by atomic mass is 16.5. The second-order valence-electron chi connectivity index (χ2n) is 2.83. The third-order valence-corrected chi connectivity index (χ3v) is 1.61. The fraction of sp³-hybridized carbons (Fsp3) is 0.556. The van der Waals surface area contributed by atoms with Gasteiger partial charge in [-0.3, -0.25) is 4.98 Å². The van der Waals surface area contributed by atoms with E-state index in [2.05, 4.69) is 9.97 Å². The van der Waals surface area contributed by atoms with Gasteiger partial charge in [0, 0.05) is 20.3 Å². The molecule has 2 N–H and O–H groups in total. The zero-order chi connectivity index (χ0) is 10.2. The molecule has 0 unspecified atom stereocenters. The molecule has 0 radical (unpaired) electrons. The molecule has 5 nitrogen and oxygen atoms in total. The van der Waals surface area contributed by atoms with Gasteiger partial charge in [0.25, 0.3) is 0 Å². The number of aromatic nitrogens is 2. The molecule has 0 spiro atoms. The predicted octanol–water partition coefficient (Wildman–Crippen LogP) is 0.612. The fourth-order valence-electron chi connectivity index (χ4n) is 0.921. The molecule has 5 heteroatoms. The number of ether oxygens (including phenoxy) is 2. The van der Waals surface area contributed by atoms with E-state index in [4.69, 9.17) is 15.2 Å². The highest BCUT2D eigenvalue weighted by Crippen LogP contribution is 1.98. The SMILES string of the molecule is COCCCOCc1cnc(N)cn1. The first kappa shape index (κ1) is 10.9. The predicted molar refractivity (Wildman–Crippen MR) is 52.6 cm³/mol. The standard InChI is InChI=1S/C9H15N3O2/c1-13-3-2-4-14-7-8-5-12-9(10)6-11-8/h5-6H,2-4,7H2,1H3,(H2,10,12). The minimum absolute atomic E-state index is 0.424. The molecular weight excluding hydrogens is 182 g/mol. The monoisotopic (exact) mass is 197 g/mol. The number of nitrogens with two attached hydrogens (primary N) is 1. The summed E-state index contributed by atoms with van der Waals surface area (Å²) in [6.07, 6.45) is 4.03. The number of hydrogen-bond acceptors (Lipinski definition) is 5. The summed E-state index contributed by atoms with van der Waals surface area (Å²) in [7, 11) is 1.67. The highest BCUT2D eigenvalue weighted by Gasteiger charge is 1.95. The lowest BCUT2D eigenvalue weighted by Crippen LogP contribution is -2.02. The number of methoxy groups -OCH3 is 1. The second-order valence-corrected chi connectivity index (χ2v) is 2.83. The van der Waals surface area contributed by atoms with Gasteiger partial charge >= 0.3 is 0 Å². The molecule has 1 aromatic rings. The Morgan fingerprint density at radius 1 is 1.29 bits per heavy atom. The number of nitrogens with zero attached hydrogens (tertiary/aromatic N) is 2. The van der Waals surface area contributed by atoms with Crippen LogP contribution in [0.1, 0.15) is 12.1 Å². The number of nitrogen functional groups attached to an aromatic ring is 1. The third-order valence-electron chi connectivity index (χ3n) is 1.61. The van der Waals surface area contributed by atoms with Gasteiger partial charge in [-0.1, -0.05) is 0 Å². The van der Waals surface area contributed by atoms with Crippen LogP contribution in [0.15, 0.2) is 12.4 Å². The average molecular weight is 197 g/mol. The summed E-state index contributed by atoms with van der Waals surface area (Å²) in [6.45, 7) is 1.85. The van der Waals surface area contributed by atoms with E-state index in [0.29, 0.717) is 25.6 Å². The van der Waals surface area contributed by atoms with Crippen LogP contribution in [0.25, 0.3) is 0 Å². The molecule has 1 heterocycles. The molecule has 0 fully saturated rings. The van der Waals surface area contributed by atoms with Gasteiger partial charge in [0.15, 0.2) is 0 Å². The Bertz CT molecular complexity index is 251. The lowest BCUT2D eigenvalue weighted by Gasteiger charge is -2.02. The molecule has 0 saturated heterocycles. The molecular formula is C9H15N3O2. The Morgan fingerprint density at radius 3 is 2.79 bits per heavy atom. The first-order chi connectivity index (χ1) is 6.83. The van der Waals surface area contributed by atoms with Gasteiger partial charge < -0.3 is 15.2 Å².